The lowest BCUT2D eigenvalue weighted by atomic mass is 9.93. The van der Waals surface area contributed by atoms with Gasteiger partial charge in [-0.3, -0.25) is 4.79 Å². The fourth-order valence-electron chi connectivity index (χ4n) is 4.57. The molecule has 5 rings (SSSR count). The Morgan fingerprint density at radius 2 is 1.86 bits per heavy atom. The summed E-state index contributed by atoms with van der Waals surface area (Å²) in [7, 11) is 0. The number of fused-ring (bicyclic) bond motifs is 1. The maximum atomic E-state index is 13.1. The van der Waals surface area contributed by atoms with Crippen LogP contribution in [-0.2, 0) is 6.54 Å². The average molecular weight is 389 g/mol. The van der Waals surface area contributed by atoms with Crippen molar-refractivity contribution < 1.29 is 4.79 Å². The summed E-state index contributed by atoms with van der Waals surface area (Å²) in [4.78, 5) is 20.2. The number of amides is 1. The average Bonchev–Trinajstić information content (AvgIpc) is 3.39. The molecule has 0 atom stereocenters. The molecule has 0 bridgehead atoms. The Bertz CT molecular complexity index is 1040. The normalized spacial score (nSPS) is 17.6. The second-order valence-electron chi connectivity index (χ2n) is 8.58. The lowest BCUT2D eigenvalue weighted by Crippen LogP contribution is -2.35. The van der Waals surface area contributed by atoms with Crippen molar-refractivity contribution in [2.45, 2.75) is 45.6 Å². The van der Waals surface area contributed by atoms with Gasteiger partial charge in [0.1, 0.15) is 11.5 Å². The van der Waals surface area contributed by atoms with Crippen molar-refractivity contribution in [2.75, 3.05) is 23.3 Å². The Morgan fingerprint density at radius 1 is 1.07 bits per heavy atom. The summed E-state index contributed by atoms with van der Waals surface area (Å²) >= 11 is 0. The van der Waals surface area contributed by atoms with E-state index < -0.39 is 0 Å². The topological polar surface area (TPSA) is 50.2 Å². The number of nitrogens with one attached hydrogen (secondary N) is 1. The van der Waals surface area contributed by atoms with Crippen LogP contribution >= 0.6 is 0 Å². The van der Waals surface area contributed by atoms with Crippen LogP contribution in [0.1, 0.15) is 49.4 Å². The van der Waals surface area contributed by atoms with Crippen molar-refractivity contribution in [1.82, 2.24) is 9.55 Å². The fraction of sp³-hybridized carbons (Fsp3) is 0.417. The van der Waals surface area contributed by atoms with Crippen LogP contribution in [0.2, 0.25) is 0 Å². The van der Waals surface area contributed by atoms with Gasteiger partial charge >= 0.3 is 0 Å². The van der Waals surface area contributed by atoms with Gasteiger partial charge in [-0.25, -0.2) is 4.98 Å². The van der Waals surface area contributed by atoms with Gasteiger partial charge in [-0.2, -0.15) is 0 Å². The van der Waals surface area contributed by atoms with Crippen LogP contribution in [0.5, 0.6) is 0 Å². The van der Waals surface area contributed by atoms with E-state index in [4.69, 9.17) is 4.98 Å². The first kappa shape index (κ1) is 18.2. The summed E-state index contributed by atoms with van der Waals surface area (Å²) < 4.78 is 2.14. The highest BCUT2D eigenvalue weighted by Gasteiger charge is 2.44. The number of rotatable bonds is 5. The number of piperidine rings is 1. The number of carbonyl (C=O) groups excluding carboxylic acids is 1. The minimum Gasteiger partial charge on any atom is -0.371 e. The number of aromatic nitrogens is 2. The van der Waals surface area contributed by atoms with E-state index in [1.807, 2.05) is 30.3 Å². The Hall–Kier alpha value is -2.82. The van der Waals surface area contributed by atoms with Crippen molar-refractivity contribution in [2.24, 2.45) is 5.41 Å². The first-order valence-corrected chi connectivity index (χ1v) is 10.8. The second kappa shape index (κ2) is 7.21. The highest BCUT2D eigenvalue weighted by Crippen LogP contribution is 2.54. The van der Waals surface area contributed by atoms with Crippen LogP contribution in [0.4, 0.5) is 11.5 Å². The molecule has 29 heavy (non-hydrogen) atoms. The lowest BCUT2D eigenvalue weighted by molar-refractivity contribution is 0.102. The maximum Gasteiger partial charge on any atom is 0.258 e. The van der Waals surface area contributed by atoms with Gasteiger partial charge in [0.2, 0.25) is 0 Å². The van der Waals surface area contributed by atoms with Crippen LogP contribution < -0.4 is 10.2 Å². The van der Waals surface area contributed by atoms with Gasteiger partial charge in [-0.05, 0) is 67.9 Å². The summed E-state index contributed by atoms with van der Waals surface area (Å²) in [5, 5.41) is 4.12. The number of carbonyl (C=O) groups is 1. The van der Waals surface area contributed by atoms with E-state index in [1.165, 1.54) is 25.7 Å². The zero-order valence-electron chi connectivity index (χ0n) is 17.0. The molecule has 3 heterocycles. The van der Waals surface area contributed by atoms with Gasteiger partial charge in [0.25, 0.3) is 5.91 Å². The molecule has 0 radical (unpaired) electrons. The Morgan fingerprint density at radius 3 is 2.62 bits per heavy atom. The third-order valence-corrected chi connectivity index (χ3v) is 6.59. The van der Waals surface area contributed by atoms with E-state index >= 15 is 0 Å². The molecule has 1 spiro atoms. The SMILES string of the molecule is CCCn1ccc2ccc(NC(=O)c3ccccc3N3CCC4(CC3)CC4)nc21. The van der Waals surface area contributed by atoms with E-state index in [-0.39, 0.29) is 5.91 Å². The van der Waals surface area contributed by atoms with Gasteiger partial charge in [-0.15, -0.1) is 0 Å². The van der Waals surface area contributed by atoms with Crippen molar-refractivity contribution in [3.05, 3.63) is 54.2 Å². The molecule has 5 nitrogen and oxygen atoms in total. The van der Waals surface area contributed by atoms with E-state index in [0.717, 1.165) is 48.3 Å². The maximum absolute atomic E-state index is 13.1. The van der Waals surface area contributed by atoms with Gasteiger partial charge in [-0.1, -0.05) is 19.1 Å². The van der Waals surface area contributed by atoms with Crippen molar-refractivity contribution >= 4 is 28.4 Å². The fourth-order valence-corrected chi connectivity index (χ4v) is 4.57. The van der Waals surface area contributed by atoms with E-state index in [9.17, 15) is 4.79 Å². The van der Waals surface area contributed by atoms with Gasteiger partial charge < -0.3 is 14.8 Å². The number of pyridine rings is 1. The van der Waals surface area contributed by atoms with Crippen molar-refractivity contribution in [3.8, 4) is 0 Å². The second-order valence-corrected chi connectivity index (χ2v) is 8.58. The lowest BCUT2D eigenvalue weighted by Gasteiger charge is -2.34. The van der Waals surface area contributed by atoms with Crippen LogP contribution in [0.3, 0.4) is 0 Å². The molecule has 1 aromatic carbocycles. The Kier molecular flexibility index (Phi) is 4.53. The first-order chi connectivity index (χ1) is 14.2. The number of benzene rings is 1. The molecule has 150 valence electrons. The highest BCUT2D eigenvalue weighted by molar-refractivity contribution is 6.08. The molecule has 3 aromatic rings. The molecule has 5 heteroatoms. The van der Waals surface area contributed by atoms with Crippen LogP contribution in [-0.4, -0.2) is 28.5 Å². The third-order valence-electron chi connectivity index (χ3n) is 6.59. The summed E-state index contributed by atoms with van der Waals surface area (Å²) in [5.74, 6) is 0.511. The molecule has 0 unspecified atom stereocenters. The number of para-hydroxylation sites is 1. The van der Waals surface area contributed by atoms with Gasteiger partial charge in [0.15, 0.2) is 0 Å². The molecule has 1 aliphatic heterocycles. The molecular weight excluding hydrogens is 360 g/mol. The molecule has 1 amide bonds. The smallest absolute Gasteiger partial charge is 0.258 e. The van der Waals surface area contributed by atoms with Crippen LogP contribution in [0.15, 0.2) is 48.7 Å². The predicted molar refractivity (Wildman–Crippen MR) is 118 cm³/mol. The predicted octanol–water partition coefficient (Wildman–Crippen LogP) is 5.08. The summed E-state index contributed by atoms with van der Waals surface area (Å²) in [6.45, 7) is 5.16. The van der Waals surface area contributed by atoms with E-state index in [2.05, 4.69) is 40.0 Å². The zero-order valence-corrected chi connectivity index (χ0v) is 17.0. The largest absolute Gasteiger partial charge is 0.371 e. The molecular formula is C24H28N4O. The molecule has 1 saturated heterocycles. The number of hydrogen-bond donors (Lipinski definition) is 1. The van der Waals surface area contributed by atoms with Crippen molar-refractivity contribution in [3.63, 3.8) is 0 Å². The minimum atomic E-state index is -0.0900. The number of aryl methyl sites for hydroxylation is 1. The molecule has 1 saturated carbocycles. The number of anilines is 2. The van der Waals surface area contributed by atoms with Gasteiger partial charge in [0.05, 0.1) is 5.56 Å². The van der Waals surface area contributed by atoms with Gasteiger partial charge in [0, 0.05) is 36.9 Å². The van der Waals surface area contributed by atoms with Crippen LogP contribution in [0.25, 0.3) is 11.0 Å². The molecule has 1 aliphatic carbocycles. The molecule has 1 N–H and O–H groups in total. The summed E-state index contributed by atoms with van der Waals surface area (Å²) in [5.41, 5.74) is 3.31. The summed E-state index contributed by atoms with van der Waals surface area (Å²) in [6.07, 6.45) is 8.37. The Balaban J connectivity index is 1.37. The zero-order chi connectivity index (χ0) is 19.8. The summed E-state index contributed by atoms with van der Waals surface area (Å²) in [6, 6.07) is 13.9. The quantitative estimate of drug-likeness (QED) is 0.663. The molecule has 2 aromatic heterocycles. The van der Waals surface area contributed by atoms with Crippen molar-refractivity contribution in [1.29, 1.82) is 0 Å². The Labute approximate surface area is 171 Å². The minimum absolute atomic E-state index is 0.0900. The highest BCUT2D eigenvalue weighted by atomic mass is 16.1. The standard InChI is InChI=1S/C24H28N4O/c1-2-14-28-15-9-18-7-8-21(25-22(18)28)26-23(29)19-5-3-4-6-20(19)27-16-12-24(10-11-24)13-17-27/h3-9,15H,2,10-14,16-17H2,1H3,(H,25,26,29). The first-order valence-electron chi connectivity index (χ1n) is 10.8. The molecule has 2 fully saturated rings. The molecule has 2 aliphatic rings. The van der Waals surface area contributed by atoms with E-state index in [0.29, 0.717) is 11.2 Å². The van der Waals surface area contributed by atoms with Crippen LogP contribution in [0, 0.1) is 5.41 Å². The van der Waals surface area contributed by atoms with E-state index in [1.54, 1.807) is 0 Å². The number of nitrogens with zero attached hydrogens (tertiary/aromatic N) is 3. The number of hydrogen-bond acceptors (Lipinski definition) is 3. The monoisotopic (exact) mass is 388 g/mol. The third kappa shape index (κ3) is 3.50.